The summed E-state index contributed by atoms with van der Waals surface area (Å²) < 4.78 is 15.3. The number of esters is 1. The second-order valence-corrected chi connectivity index (χ2v) is 5.70. The van der Waals surface area contributed by atoms with Gasteiger partial charge in [0.05, 0.1) is 25.4 Å². The summed E-state index contributed by atoms with van der Waals surface area (Å²) in [5, 5.41) is 19.7. The Morgan fingerprint density at radius 3 is 2.67 bits per heavy atom. The molecule has 1 heterocycles. The number of carbonyl (C=O) groups excluding carboxylic acids is 1. The lowest BCUT2D eigenvalue weighted by Crippen LogP contribution is -2.40. The summed E-state index contributed by atoms with van der Waals surface area (Å²) >= 11 is 0. The lowest BCUT2D eigenvalue weighted by atomic mass is 10.1. The van der Waals surface area contributed by atoms with Crippen LogP contribution in [-0.4, -0.2) is 60.5 Å². The van der Waals surface area contributed by atoms with Gasteiger partial charge in [0.25, 0.3) is 0 Å². The Hall–Kier alpha value is -1.20. The molecule has 0 amide bonds. The number of ether oxygens (including phenoxy) is 3. The fourth-order valence-electron chi connectivity index (χ4n) is 2.07. The van der Waals surface area contributed by atoms with Crippen LogP contribution in [0.2, 0.25) is 0 Å². The van der Waals surface area contributed by atoms with Crippen molar-refractivity contribution in [3.8, 4) is 5.75 Å². The zero-order valence-corrected chi connectivity index (χ0v) is 12.8. The molecule has 0 aliphatic carbocycles. The highest BCUT2D eigenvalue weighted by Gasteiger charge is 2.38. The van der Waals surface area contributed by atoms with Gasteiger partial charge in [-0.05, 0) is 24.3 Å². The highest BCUT2D eigenvalue weighted by Crippen LogP contribution is 2.23. The van der Waals surface area contributed by atoms with E-state index in [0.29, 0.717) is 17.9 Å². The molecular formula is C14H19O6P. The molecule has 7 heteroatoms. The van der Waals surface area contributed by atoms with E-state index >= 15 is 0 Å². The number of carbonyl (C=O) groups is 1. The predicted octanol–water partition coefficient (Wildman–Crippen LogP) is 0.216. The molecule has 0 aromatic heterocycles. The van der Waals surface area contributed by atoms with E-state index in [1.165, 1.54) is 7.11 Å². The molecule has 5 atom stereocenters. The molecule has 1 aromatic carbocycles. The smallest absolute Gasteiger partial charge is 0.338 e. The third kappa shape index (κ3) is 3.92. The number of rotatable bonds is 5. The molecule has 116 valence electrons. The van der Waals surface area contributed by atoms with E-state index in [9.17, 15) is 15.0 Å². The van der Waals surface area contributed by atoms with Crippen molar-refractivity contribution in [3.05, 3.63) is 29.8 Å². The van der Waals surface area contributed by atoms with Crippen molar-refractivity contribution in [2.45, 2.75) is 24.0 Å². The van der Waals surface area contributed by atoms with E-state index in [0.717, 1.165) is 0 Å². The maximum atomic E-state index is 11.8. The molecule has 1 saturated heterocycles. The first-order chi connectivity index (χ1) is 10.0. The van der Waals surface area contributed by atoms with Crippen molar-refractivity contribution in [1.82, 2.24) is 0 Å². The standard InChI is InChI=1S/C14H19O6P/c1-18-9-4-2-8(3-5-9)14(17)20-6-10(15)13-12(16)11(21)7-19-13/h2-5,10-13,15-16H,6-7,21H2,1H3. The molecular weight excluding hydrogens is 295 g/mol. The van der Waals surface area contributed by atoms with Gasteiger partial charge in [-0.15, -0.1) is 9.24 Å². The first kappa shape index (κ1) is 16.2. The maximum absolute atomic E-state index is 11.8. The Morgan fingerprint density at radius 2 is 2.14 bits per heavy atom. The van der Waals surface area contributed by atoms with E-state index < -0.39 is 24.3 Å². The van der Waals surface area contributed by atoms with Gasteiger partial charge in [-0.1, -0.05) is 0 Å². The summed E-state index contributed by atoms with van der Waals surface area (Å²) in [7, 11) is 4.00. The Bertz CT molecular complexity index is 477. The van der Waals surface area contributed by atoms with Crippen LogP contribution in [0, 0.1) is 0 Å². The third-order valence-corrected chi connectivity index (χ3v) is 3.93. The Kier molecular flexibility index (Phi) is 5.53. The minimum atomic E-state index is -1.06. The summed E-state index contributed by atoms with van der Waals surface area (Å²) in [6, 6.07) is 6.45. The number of methoxy groups -OCH3 is 1. The number of hydrogen-bond acceptors (Lipinski definition) is 6. The van der Waals surface area contributed by atoms with E-state index in [1.54, 1.807) is 24.3 Å². The van der Waals surface area contributed by atoms with Crippen molar-refractivity contribution in [3.63, 3.8) is 0 Å². The maximum Gasteiger partial charge on any atom is 0.338 e. The van der Waals surface area contributed by atoms with Gasteiger partial charge >= 0.3 is 5.97 Å². The number of hydrogen-bond donors (Lipinski definition) is 2. The van der Waals surface area contributed by atoms with Crippen molar-refractivity contribution < 1.29 is 29.2 Å². The first-order valence-corrected chi connectivity index (χ1v) is 7.24. The van der Waals surface area contributed by atoms with Crippen LogP contribution >= 0.6 is 9.24 Å². The Balaban J connectivity index is 1.85. The predicted molar refractivity (Wildman–Crippen MR) is 78.5 cm³/mol. The van der Waals surface area contributed by atoms with Gasteiger partial charge in [-0.2, -0.15) is 0 Å². The first-order valence-electron chi connectivity index (χ1n) is 6.57. The minimum Gasteiger partial charge on any atom is -0.497 e. The summed E-state index contributed by atoms with van der Waals surface area (Å²) in [6.07, 6.45) is -2.59. The lowest BCUT2D eigenvalue weighted by Gasteiger charge is -2.21. The van der Waals surface area contributed by atoms with Crippen LogP contribution in [0.5, 0.6) is 5.75 Å². The van der Waals surface area contributed by atoms with Gasteiger partial charge in [0.1, 0.15) is 24.6 Å². The van der Waals surface area contributed by atoms with Crippen molar-refractivity contribution >= 4 is 15.2 Å². The highest BCUT2D eigenvalue weighted by molar-refractivity contribution is 7.17. The molecule has 0 spiro atoms. The summed E-state index contributed by atoms with van der Waals surface area (Å²) in [5.74, 6) is 0.0900. The fraction of sp³-hybridized carbons (Fsp3) is 0.500. The zero-order chi connectivity index (χ0) is 15.4. The van der Waals surface area contributed by atoms with Crippen molar-refractivity contribution in [2.24, 2.45) is 0 Å². The molecule has 2 rings (SSSR count). The van der Waals surface area contributed by atoms with Crippen LogP contribution in [0.15, 0.2) is 24.3 Å². The van der Waals surface area contributed by atoms with E-state index in [4.69, 9.17) is 14.2 Å². The van der Waals surface area contributed by atoms with Crippen molar-refractivity contribution in [2.75, 3.05) is 20.3 Å². The molecule has 21 heavy (non-hydrogen) atoms. The van der Waals surface area contributed by atoms with Gasteiger partial charge < -0.3 is 24.4 Å². The van der Waals surface area contributed by atoms with Gasteiger partial charge in [-0.3, -0.25) is 0 Å². The highest BCUT2D eigenvalue weighted by atomic mass is 31.0. The molecule has 0 radical (unpaired) electrons. The second-order valence-electron chi connectivity index (χ2n) is 4.85. The molecule has 1 aromatic rings. The van der Waals surface area contributed by atoms with E-state index in [1.807, 2.05) is 0 Å². The second kappa shape index (κ2) is 7.18. The van der Waals surface area contributed by atoms with E-state index in [-0.39, 0.29) is 12.3 Å². The summed E-state index contributed by atoms with van der Waals surface area (Å²) in [5.41, 5.74) is 0.238. The normalized spacial score (nSPS) is 26.4. The molecule has 5 unspecified atom stereocenters. The van der Waals surface area contributed by atoms with Gasteiger partial charge in [0, 0.05) is 5.66 Å². The van der Waals surface area contributed by atoms with E-state index in [2.05, 4.69) is 9.24 Å². The largest absolute Gasteiger partial charge is 0.497 e. The molecule has 1 aliphatic heterocycles. The van der Waals surface area contributed by atoms with Crippen LogP contribution in [0.4, 0.5) is 0 Å². The quantitative estimate of drug-likeness (QED) is 0.597. The zero-order valence-electron chi connectivity index (χ0n) is 11.6. The van der Waals surface area contributed by atoms with Crippen molar-refractivity contribution in [1.29, 1.82) is 0 Å². The van der Waals surface area contributed by atoms with Crippen LogP contribution in [0.25, 0.3) is 0 Å². The van der Waals surface area contributed by atoms with Gasteiger partial charge in [0.2, 0.25) is 0 Å². The molecule has 6 nitrogen and oxygen atoms in total. The topological polar surface area (TPSA) is 85.2 Å². The monoisotopic (exact) mass is 314 g/mol. The average molecular weight is 314 g/mol. The molecule has 1 aliphatic rings. The molecule has 0 saturated carbocycles. The summed E-state index contributed by atoms with van der Waals surface area (Å²) in [6.45, 7) is 0.115. The SMILES string of the molecule is COc1ccc(C(=O)OCC(O)C2OCC(P)C2O)cc1. The average Bonchev–Trinajstić information content (AvgIpc) is 2.84. The lowest BCUT2D eigenvalue weighted by molar-refractivity contribution is -0.0690. The number of aliphatic hydroxyl groups excluding tert-OH is 2. The fourth-order valence-corrected chi connectivity index (χ4v) is 2.40. The molecule has 0 bridgehead atoms. The minimum absolute atomic E-state index is 0.123. The van der Waals surface area contributed by atoms with Crippen LogP contribution in [0.3, 0.4) is 0 Å². The molecule has 1 fully saturated rings. The molecule has 2 N–H and O–H groups in total. The Labute approximate surface area is 125 Å². The van der Waals surface area contributed by atoms with Crippen LogP contribution < -0.4 is 4.74 Å². The summed E-state index contributed by atoms with van der Waals surface area (Å²) in [4.78, 5) is 11.8. The Morgan fingerprint density at radius 1 is 1.48 bits per heavy atom. The number of aliphatic hydroxyl groups is 2. The third-order valence-electron chi connectivity index (χ3n) is 3.35. The van der Waals surface area contributed by atoms with Crippen LogP contribution in [-0.2, 0) is 9.47 Å². The van der Waals surface area contributed by atoms with Crippen LogP contribution in [0.1, 0.15) is 10.4 Å². The number of benzene rings is 1. The van der Waals surface area contributed by atoms with Gasteiger partial charge in [-0.25, -0.2) is 4.79 Å². The van der Waals surface area contributed by atoms with Gasteiger partial charge in [0.15, 0.2) is 0 Å².